The minimum absolute atomic E-state index is 0.0163. The number of rotatable bonds is 6. The molecule has 1 saturated carbocycles. The molecule has 1 aromatic carbocycles. The first kappa shape index (κ1) is 15.5. The summed E-state index contributed by atoms with van der Waals surface area (Å²) < 4.78 is 31.5. The van der Waals surface area contributed by atoms with E-state index in [1.165, 1.54) is 23.5 Å². The lowest BCUT2D eigenvalue weighted by Gasteiger charge is -2.21. The van der Waals surface area contributed by atoms with Crippen LogP contribution < -0.4 is 0 Å². The molecule has 0 unspecified atom stereocenters. The highest BCUT2D eigenvalue weighted by Gasteiger charge is 2.39. The van der Waals surface area contributed by atoms with Gasteiger partial charge in [-0.2, -0.15) is 9.57 Å². The Kier molecular flexibility index (Phi) is 4.60. The normalized spacial score (nSPS) is 14.7. The van der Waals surface area contributed by atoms with E-state index in [2.05, 4.69) is 4.74 Å². The van der Waals surface area contributed by atoms with Crippen LogP contribution in [0.2, 0.25) is 0 Å². The Morgan fingerprint density at radius 2 is 2.10 bits per heavy atom. The fraction of sp³-hybridized carbons (Fsp3) is 0.429. The molecule has 0 heterocycles. The fourth-order valence-electron chi connectivity index (χ4n) is 2.12. The van der Waals surface area contributed by atoms with Crippen LogP contribution >= 0.6 is 0 Å². The van der Waals surface area contributed by atoms with E-state index in [1.54, 1.807) is 12.1 Å². The summed E-state index contributed by atoms with van der Waals surface area (Å²) in [6.07, 6.45) is 1.69. The molecule has 0 saturated heterocycles. The Morgan fingerprint density at radius 3 is 2.67 bits per heavy atom. The number of carbonyl (C=O) groups is 1. The summed E-state index contributed by atoms with van der Waals surface area (Å²) in [7, 11) is -2.61. The van der Waals surface area contributed by atoms with Crippen LogP contribution in [-0.2, 0) is 14.8 Å². The van der Waals surface area contributed by atoms with Gasteiger partial charge in [0, 0.05) is 19.0 Å². The van der Waals surface area contributed by atoms with Gasteiger partial charge >= 0.3 is 5.97 Å². The van der Waals surface area contributed by atoms with Gasteiger partial charge in [-0.05, 0) is 25.0 Å². The summed E-state index contributed by atoms with van der Waals surface area (Å²) in [5.41, 5.74) is 0.0163. The fourth-order valence-corrected chi connectivity index (χ4v) is 3.99. The van der Waals surface area contributed by atoms with Crippen molar-refractivity contribution >= 4 is 16.0 Å². The second-order valence-corrected chi connectivity index (χ2v) is 6.60. The molecule has 6 nitrogen and oxygen atoms in total. The van der Waals surface area contributed by atoms with Gasteiger partial charge in [-0.15, -0.1) is 0 Å². The number of methoxy groups -OCH3 is 1. The second-order valence-electron chi connectivity index (χ2n) is 4.74. The summed E-state index contributed by atoms with van der Waals surface area (Å²) in [6, 6.07) is 7.85. The van der Waals surface area contributed by atoms with Crippen molar-refractivity contribution in [1.82, 2.24) is 4.31 Å². The lowest BCUT2D eigenvalue weighted by atomic mass is 10.2. The lowest BCUT2D eigenvalue weighted by Crippen LogP contribution is -2.34. The van der Waals surface area contributed by atoms with E-state index < -0.39 is 16.0 Å². The van der Waals surface area contributed by atoms with Gasteiger partial charge in [-0.25, -0.2) is 13.2 Å². The van der Waals surface area contributed by atoms with E-state index in [-0.39, 0.29) is 29.5 Å². The number of hydrogen-bond acceptors (Lipinski definition) is 5. The largest absolute Gasteiger partial charge is 0.465 e. The van der Waals surface area contributed by atoms with E-state index in [4.69, 9.17) is 5.26 Å². The average molecular weight is 308 g/mol. The molecule has 0 spiro atoms. The molecule has 112 valence electrons. The number of nitrogens with zero attached hydrogens (tertiary/aromatic N) is 2. The molecule has 0 radical (unpaired) electrons. The van der Waals surface area contributed by atoms with Crippen LogP contribution in [0.25, 0.3) is 0 Å². The van der Waals surface area contributed by atoms with Crippen LogP contribution in [0.15, 0.2) is 29.2 Å². The Bertz CT molecular complexity index is 674. The number of esters is 1. The minimum atomic E-state index is -3.81. The van der Waals surface area contributed by atoms with Gasteiger partial charge in [0.25, 0.3) is 0 Å². The summed E-state index contributed by atoms with van der Waals surface area (Å²) >= 11 is 0. The third-order valence-electron chi connectivity index (χ3n) is 3.28. The van der Waals surface area contributed by atoms with Crippen molar-refractivity contribution in [3.05, 3.63) is 29.8 Å². The first-order valence-corrected chi connectivity index (χ1v) is 8.02. The van der Waals surface area contributed by atoms with Gasteiger partial charge < -0.3 is 4.74 Å². The van der Waals surface area contributed by atoms with Crippen LogP contribution in [0.5, 0.6) is 0 Å². The standard InChI is InChI=1S/C14H16N2O4S/c1-20-14(17)12-5-2-3-6-13(12)21(18,19)16(10-4-9-15)11-7-8-11/h2-3,5-6,11H,4,7-8,10H2,1H3. The Hall–Kier alpha value is -1.91. The van der Waals surface area contributed by atoms with Crippen molar-refractivity contribution in [2.45, 2.75) is 30.2 Å². The van der Waals surface area contributed by atoms with Gasteiger partial charge in [0.2, 0.25) is 10.0 Å². The van der Waals surface area contributed by atoms with Crippen molar-refractivity contribution in [2.24, 2.45) is 0 Å². The van der Waals surface area contributed by atoms with Crippen molar-refractivity contribution in [1.29, 1.82) is 5.26 Å². The summed E-state index contributed by atoms with van der Waals surface area (Å²) in [6.45, 7) is 0.138. The van der Waals surface area contributed by atoms with Gasteiger partial charge in [-0.3, -0.25) is 0 Å². The monoisotopic (exact) mass is 308 g/mol. The zero-order valence-corrected chi connectivity index (χ0v) is 12.5. The van der Waals surface area contributed by atoms with Crippen molar-refractivity contribution in [2.75, 3.05) is 13.7 Å². The zero-order chi connectivity index (χ0) is 15.5. The molecule has 1 aliphatic carbocycles. The van der Waals surface area contributed by atoms with Crippen molar-refractivity contribution in [3.63, 3.8) is 0 Å². The number of carbonyl (C=O) groups excluding carboxylic acids is 1. The van der Waals surface area contributed by atoms with E-state index in [0.717, 1.165) is 12.8 Å². The molecule has 2 rings (SSSR count). The maximum atomic E-state index is 12.8. The Balaban J connectivity index is 2.43. The number of hydrogen-bond donors (Lipinski definition) is 0. The maximum Gasteiger partial charge on any atom is 0.339 e. The average Bonchev–Trinajstić information content (AvgIpc) is 3.31. The first-order valence-electron chi connectivity index (χ1n) is 6.58. The Labute approximate surface area is 124 Å². The minimum Gasteiger partial charge on any atom is -0.465 e. The van der Waals surface area contributed by atoms with Gasteiger partial charge in [0.15, 0.2) is 0 Å². The molecule has 0 amide bonds. The molecule has 0 N–H and O–H groups in total. The van der Waals surface area contributed by atoms with Gasteiger partial charge in [0.1, 0.15) is 0 Å². The van der Waals surface area contributed by atoms with Crippen molar-refractivity contribution in [3.8, 4) is 6.07 Å². The third kappa shape index (κ3) is 3.23. The second kappa shape index (κ2) is 6.24. The predicted molar refractivity (Wildman–Crippen MR) is 74.9 cm³/mol. The van der Waals surface area contributed by atoms with Gasteiger partial charge in [-0.1, -0.05) is 12.1 Å². The highest BCUT2D eigenvalue weighted by Crippen LogP contribution is 2.33. The highest BCUT2D eigenvalue weighted by molar-refractivity contribution is 7.89. The molecule has 1 fully saturated rings. The third-order valence-corrected chi connectivity index (χ3v) is 5.29. The predicted octanol–water partition coefficient (Wildman–Crippen LogP) is 1.54. The van der Waals surface area contributed by atoms with Gasteiger partial charge in [0.05, 0.1) is 23.6 Å². The molecule has 0 bridgehead atoms. The SMILES string of the molecule is COC(=O)c1ccccc1S(=O)(=O)N(CCC#N)C1CC1. The molecule has 21 heavy (non-hydrogen) atoms. The first-order chi connectivity index (χ1) is 10.0. The molecule has 7 heteroatoms. The molecular weight excluding hydrogens is 292 g/mol. The van der Waals surface area contributed by atoms with E-state index >= 15 is 0 Å². The molecule has 0 aromatic heterocycles. The summed E-state index contributed by atoms with van der Waals surface area (Å²) in [5.74, 6) is -0.690. The van der Waals surface area contributed by atoms with Crippen LogP contribution in [0.3, 0.4) is 0 Å². The smallest absolute Gasteiger partial charge is 0.339 e. The Morgan fingerprint density at radius 1 is 1.43 bits per heavy atom. The molecule has 1 aromatic rings. The molecule has 1 aliphatic rings. The number of benzene rings is 1. The van der Waals surface area contributed by atoms with Crippen LogP contribution in [0.4, 0.5) is 0 Å². The molecule has 0 atom stereocenters. The number of ether oxygens (including phenoxy) is 1. The number of sulfonamides is 1. The van der Waals surface area contributed by atoms with Crippen LogP contribution in [-0.4, -0.2) is 38.4 Å². The van der Waals surface area contributed by atoms with E-state index in [1.807, 2.05) is 6.07 Å². The van der Waals surface area contributed by atoms with E-state index in [9.17, 15) is 13.2 Å². The summed E-state index contributed by atoms with van der Waals surface area (Å²) in [5, 5.41) is 8.69. The number of nitriles is 1. The highest BCUT2D eigenvalue weighted by atomic mass is 32.2. The molecule has 0 aliphatic heterocycles. The van der Waals surface area contributed by atoms with Crippen LogP contribution in [0, 0.1) is 11.3 Å². The van der Waals surface area contributed by atoms with Crippen LogP contribution in [0.1, 0.15) is 29.6 Å². The summed E-state index contributed by atoms with van der Waals surface area (Å²) in [4.78, 5) is 11.7. The maximum absolute atomic E-state index is 12.8. The topological polar surface area (TPSA) is 87.5 Å². The van der Waals surface area contributed by atoms with Crippen molar-refractivity contribution < 1.29 is 17.9 Å². The quantitative estimate of drug-likeness (QED) is 0.744. The van der Waals surface area contributed by atoms with E-state index in [0.29, 0.717) is 0 Å². The molecular formula is C14H16N2O4S. The zero-order valence-electron chi connectivity index (χ0n) is 11.7. The lowest BCUT2D eigenvalue weighted by molar-refractivity contribution is 0.0596.